The summed E-state index contributed by atoms with van der Waals surface area (Å²) in [6, 6.07) is 13.6. The Bertz CT molecular complexity index is 584. The zero-order valence-electron chi connectivity index (χ0n) is 12.6. The Morgan fingerprint density at radius 2 is 1.65 bits per heavy atom. The van der Waals surface area contributed by atoms with E-state index < -0.39 is 0 Å². The highest BCUT2D eigenvalue weighted by atomic mass is 79.9. The van der Waals surface area contributed by atoms with E-state index in [9.17, 15) is 0 Å². The second-order valence-electron chi connectivity index (χ2n) is 5.54. The molecule has 1 N–H and O–H groups in total. The van der Waals surface area contributed by atoms with Gasteiger partial charge in [-0.15, -0.1) is 0 Å². The maximum Gasteiger partial charge on any atom is 0.0361 e. The van der Waals surface area contributed by atoms with Gasteiger partial charge < -0.3 is 5.32 Å². The molecule has 2 aromatic rings. The average molecular weight is 332 g/mol. The zero-order chi connectivity index (χ0) is 14.7. The van der Waals surface area contributed by atoms with Crippen LogP contribution in [0.2, 0.25) is 0 Å². The van der Waals surface area contributed by atoms with Crippen LogP contribution < -0.4 is 5.32 Å². The first-order valence-electron chi connectivity index (χ1n) is 7.00. The number of hydrogen-bond donors (Lipinski definition) is 1. The van der Waals surface area contributed by atoms with Gasteiger partial charge in [0.05, 0.1) is 0 Å². The Hall–Kier alpha value is -1.12. The van der Waals surface area contributed by atoms with Crippen LogP contribution in [0.25, 0.3) is 0 Å². The number of hydrogen-bond acceptors (Lipinski definition) is 1. The van der Waals surface area contributed by atoms with E-state index in [1.807, 2.05) is 7.05 Å². The van der Waals surface area contributed by atoms with Gasteiger partial charge in [-0.05, 0) is 63.1 Å². The lowest BCUT2D eigenvalue weighted by Crippen LogP contribution is -2.20. The number of aryl methyl sites for hydroxylation is 3. The second-order valence-corrected chi connectivity index (χ2v) is 6.46. The van der Waals surface area contributed by atoms with Gasteiger partial charge in [-0.1, -0.05) is 51.3 Å². The summed E-state index contributed by atoms with van der Waals surface area (Å²) in [6.45, 7) is 6.50. The van der Waals surface area contributed by atoms with Gasteiger partial charge in [0.1, 0.15) is 0 Å². The molecule has 1 atom stereocenters. The smallest absolute Gasteiger partial charge is 0.0361 e. The van der Waals surface area contributed by atoms with Crippen LogP contribution in [0.4, 0.5) is 0 Å². The van der Waals surface area contributed by atoms with Crippen LogP contribution in [0.1, 0.15) is 33.9 Å². The van der Waals surface area contributed by atoms with Gasteiger partial charge in [0.25, 0.3) is 0 Å². The molecule has 0 aliphatic rings. The molecule has 106 valence electrons. The van der Waals surface area contributed by atoms with Crippen molar-refractivity contribution in [3.05, 3.63) is 68.7 Å². The van der Waals surface area contributed by atoms with E-state index >= 15 is 0 Å². The fraction of sp³-hybridized carbons (Fsp3) is 0.333. The van der Waals surface area contributed by atoms with Crippen LogP contribution in [0.5, 0.6) is 0 Å². The Labute approximate surface area is 130 Å². The monoisotopic (exact) mass is 331 g/mol. The van der Waals surface area contributed by atoms with Gasteiger partial charge in [0.15, 0.2) is 0 Å². The number of rotatable bonds is 4. The zero-order valence-corrected chi connectivity index (χ0v) is 14.2. The lowest BCUT2D eigenvalue weighted by molar-refractivity contribution is 0.588. The molecule has 0 saturated carbocycles. The summed E-state index contributed by atoms with van der Waals surface area (Å²) in [4.78, 5) is 0. The van der Waals surface area contributed by atoms with Crippen LogP contribution in [-0.2, 0) is 6.42 Å². The highest BCUT2D eigenvalue weighted by molar-refractivity contribution is 9.10. The third-order valence-electron chi connectivity index (χ3n) is 3.69. The molecule has 0 bridgehead atoms. The molecule has 1 nitrogen and oxygen atoms in total. The van der Waals surface area contributed by atoms with E-state index in [1.165, 1.54) is 27.8 Å². The van der Waals surface area contributed by atoms with Gasteiger partial charge in [0, 0.05) is 10.5 Å². The quantitative estimate of drug-likeness (QED) is 0.842. The first-order chi connectivity index (χ1) is 9.49. The lowest BCUT2D eigenvalue weighted by Gasteiger charge is -2.20. The molecular weight excluding hydrogens is 310 g/mol. The maximum absolute atomic E-state index is 3.57. The third-order valence-corrected chi connectivity index (χ3v) is 4.18. The number of nitrogens with one attached hydrogen (secondary N) is 1. The molecule has 2 heteroatoms. The summed E-state index contributed by atoms with van der Waals surface area (Å²) < 4.78 is 1.14. The minimum atomic E-state index is 0.341. The van der Waals surface area contributed by atoms with E-state index in [0.29, 0.717) is 6.04 Å². The van der Waals surface area contributed by atoms with Crippen LogP contribution in [0.15, 0.2) is 40.9 Å². The molecule has 0 fully saturated rings. The van der Waals surface area contributed by atoms with Crippen molar-refractivity contribution in [2.24, 2.45) is 0 Å². The summed E-state index contributed by atoms with van der Waals surface area (Å²) >= 11 is 3.57. The molecule has 0 spiro atoms. The van der Waals surface area contributed by atoms with Gasteiger partial charge in [-0.3, -0.25) is 0 Å². The van der Waals surface area contributed by atoms with Gasteiger partial charge in [-0.25, -0.2) is 0 Å². The highest BCUT2D eigenvalue weighted by Gasteiger charge is 2.13. The van der Waals surface area contributed by atoms with Crippen molar-refractivity contribution < 1.29 is 0 Å². The van der Waals surface area contributed by atoms with Crippen molar-refractivity contribution in [1.29, 1.82) is 0 Å². The Morgan fingerprint density at radius 1 is 1.00 bits per heavy atom. The summed E-state index contributed by atoms with van der Waals surface area (Å²) in [7, 11) is 2.04. The van der Waals surface area contributed by atoms with Crippen molar-refractivity contribution in [3.63, 3.8) is 0 Å². The normalized spacial score (nSPS) is 12.4. The minimum absolute atomic E-state index is 0.341. The van der Waals surface area contributed by atoms with E-state index in [-0.39, 0.29) is 0 Å². The van der Waals surface area contributed by atoms with Crippen molar-refractivity contribution in [2.75, 3.05) is 7.05 Å². The van der Waals surface area contributed by atoms with Crippen molar-refractivity contribution in [1.82, 2.24) is 5.32 Å². The predicted molar refractivity (Wildman–Crippen MR) is 90.3 cm³/mol. The summed E-state index contributed by atoms with van der Waals surface area (Å²) in [6.07, 6.45) is 1.01. The summed E-state index contributed by atoms with van der Waals surface area (Å²) in [5, 5.41) is 3.45. The Kier molecular flexibility index (Phi) is 5.00. The lowest BCUT2D eigenvalue weighted by atomic mass is 9.94. The maximum atomic E-state index is 3.57. The van der Waals surface area contributed by atoms with Crippen LogP contribution in [-0.4, -0.2) is 7.05 Å². The molecule has 0 radical (unpaired) electrons. The fourth-order valence-corrected chi connectivity index (χ4v) is 3.16. The molecule has 1 unspecified atom stereocenters. The first-order valence-corrected chi connectivity index (χ1v) is 7.79. The number of benzene rings is 2. The summed E-state index contributed by atoms with van der Waals surface area (Å²) in [5.74, 6) is 0. The Morgan fingerprint density at radius 3 is 2.25 bits per heavy atom. The largest absolute Gasteiger partial charge is 0.313 e. The molecule has 2 aromatic carbocycles. The summed E-state index contributed by atoms with van der Waals surface area (Å²) in [5.41, 5.74) is 6.75. The van der Waals surface area contributed by atoms with Gasteiger partial charge >= 0.3 is 0 Å². The van der Waals surface area contributed by atoms with Crippen molar-refractivity contribution >= 4 is 15.9 Å². The van der Waals surface area contributed by atoms with Crippen LogP contribution >= 0.6 is 15.9 Å². The number of likely N-dealkylation sites (N-methyl/N-ethyl adjacent to an activating group) is 1. The fourth-order valence-electron chi connectivity index (χ4n) is 2.78. The SMILES string of the molecule is CNC(Cc1cc(C)cc(C)c1)c1cc(Br)ccc1C. The second kappa shape index (κ2) is 6.55. The molecular formula is C18H22BrN. The average Bonchev–Trinajstić information content (AvgIpc) is 2.38. The van der Waals surface area contributed by atoms with E-state index in [1.54, 1.807) is 0 Å². The van der Waals surface area contributed by atoms with Crippen molar-refractivity contribution in [3.8, 4) is 0 Å². The Balaban J connectivity index is 2.31. The van der Waals surface area contributed by atoms with Crippen LogP contribution in [0, 0.1) is 20.8 Å². The molecule has 0 aliphatic carbocycles. The molecule has 0 heterocycles. The molecule has 0 amide bonds. The van der Waals surface area contributed by atoms with Crippen molar-refractivity contribution in [2.45, 2.75) is 33.2 Å². The topological polar surface area (TPSA) is 12.0 Å². The van der Waals surface area contributed by atoms with E-state index in [4.69, 9.17) is 0 Å². The molecule has 2 rings (SSSR count). The molecule has 20 heavy (non-hydrogen) atoms. The van der Waals surface area contributed by atoms with E-state index in [2.05, 4.69) is 78.4 Å². The molecule has 0 aliphatic heterocycles. The standard InChI is InChI=1S/C18H22BrN/c1-12-7-13(2)9-15(8-12)10-18(20-4)17-11-16(19)6-5-14(17)3/h5-9,11,18,20H,10H2,1-4H3. The predicted octanol–water partition coefficient (Wildman–Crippen LogP) is 4.88. The first kappa shape index (κ1) is 15.3. The van der Waals surface area contributed by atoms with Gasteiger partial charge in [-0.2, -0.15) is 0 Å². The minimum Gasteiger partial charge on any atom is -0.313 e. The molecule has 0 aromatic heterocycles. The molecule has 0 saturated heterocycles. The number of halogens is 1. The third kappa shape index (κ3) is 3.71. The highest BCUT2D eigenvalue weighted by Crippen LogP contribution is 2.25. The van der Waals surface area contributed by atoms with E-state index in [0.717, 1.165) is 10.9 Å². The van der Waals surface area contributed by atoms with Gasteiger partial charge in [0.2, 0.25) is 0 Å². The van der Waals surface area contributed by atoms with Crippen LogP contribution in [0.3, 0.4) is 0 Å².